The van der Waals surface area contributed by atoms with Gasteiger partial charge in [0.15, 0.2) is 0 Å². The average Bonchev–Trinajstić information content (AvgIpc) is 2.93. The van der Waals surface area contributed by atoms with E-state index >= 15 is 0 Å². The van der Waals surface area contributed by atoms with Crippen LogP contribution in [0.25, 0.3) is 5.69 Å². The van der Waals surface area contributed by atoms with Crippen molar-refractivity contribution in [3.8, 4) is 5.69 Å². The second-order valence-corrected chi connectivity index (χ2v) is 5.47. The molecule has 0 spiro atoms. The van der Waals surface area contributed by atoms with Crippen LogP contribution in [0.5, 0.6) is 0 Å². The molecule has 0 atom stereocenters. The summed E-state index contributed by atoms with van der Waals surface area (Å²) in [7, 11) is 0. The summed E-state index contributed by atoms with van der Waals surface area (Å²) in [5.41, 5.74) is 1.43. The molecule has 0 unspecified atom stereocenters. The predicted octanol–water partition coefficient (Wildman–Crippen LogP) is 2.11. The summed E-state index contributed by atoms with van der Waals surface area (Å²) in [4.78, 5) is 12.4. The van der Waals surface area contributed by atoms with E-state index in [1.165, 1.54) is 32.0 Å². The molecule has 1 aliphatic carbocycles. The number of nitrogens with one attached hydrogen (secondary N) is 1. The summed E-state index contributed by atoms with van der Waals surface area (Å²) in [6, 6.07) is 7.65. The van der Waals surface area contributed by atoms with Crippen molar-refractivity contribution in [2.75, 3.05) is 0 Å². The summed E-state index contributed by atoms with van der Waals surface area (Å²) in [5.74, 6) is -0.0168. The van der Waals surface area contributed by atoms with Gasteiger partial charge in [-0.05, 0) is 41.5 Å². The maximum atomic E-state index is 12.4. The van der Waals surface area contributed by atoms with Crippen LogP contribution in [0, 0.1) is 0 Å². The van der Waals surface area contributed by atoms with E-state index in [4.69, 9.17) is 0 Å². The van der Waals surface area contributed by atoms with Crippen LogP contribution >= 0.6 is 0 Å². The maximum absolute atomic E-state index is 12.4. The monoisotopic (exact) mass is 285 g/mol. The molecular weight excluding hydrogens is 266 g/mol. The minimum absolute atomic E-state index is 0.0168. The lowest BCUT2D eigenvalue weighted by atomic mass is 10.1. The van der Waals surface area contributed by atoms with Gasteiger partial charge in [0.1, 0.15) is 6.33 Å². The summed E-state index contributed by atoms with van der Waals surface area (Å²) < 4.78 is 1.54. The van der Waals surface area contributed by atoms with Gasteiger partial charge in [0.25, 0.3) is 5.91 Å². The fraction of sp³-hybridized carbons (Fsp3) is 0.467. The number of nitrogens with zero attached hydrogens (tertiary/aromatic N) is 4. The Kier molecular flexibility index (Phi) is 4.23. The summed E-state index contributed by atoms with van der Waals surface area (Å²) >= 11 is 0. The van der Waals surface area contributed by atoms with Crippen molar-refractivity contribution in [2.24, 2.45) is 0 Å². The van der Waals surface area contributed by atoms with E-state index < -0.39 is 0 Å². The molecule has 0 saturated heterocycles. The molecule has 2 aromatic rings. The molecule has 1 heterocycles. The number of rotatable bonds is 3. The highest BCUT2D eigenvalue weighted by molar-refractivity contribution is 5.94. The highest BCUT2D eigenvalue weighted by Gasteiger charge is 2.16. The van der Waals surface area contributed by atoms with Gasteiger partial charge in [0, 0.05) is 11.6 Å². The van der Waals surface area contributed by atoms with Gasteiger partial charge in [-0.1, -0.05) is 31.7 Å². The van der Waals surface area contributed by atoms with Crippen LogP contribution in [0.15, 0.2) is 30.6 Å². The Labute approximate surface area is 123 Å². The van der Waals surface area contributed by atoms with Gasteiger partial charge < -0.3 is 5.32 Å². The first-order valence-corrected chi connectivity index (χ1v) is 7.47. The highest BCUT2D eigenvalue weighted by Crippen LogP contribution is 2.18. The Morgan fingerprint density at radius 3 is 2.71 bits per heavy atom. The fourth-order valence-electron chi connectivity index (χ4n) is 2.76. The van der Waals surface area contributed by atoms with Crippen LogP contribution in [0.2, 0.25) is 0 Å². The zero-order valence-corrected chi connectivity index (χ0v) is 11.9. The number of aromatic nitrogens is 4. The van der Waals surface area contributed by atoms with Gasteiger partial charge in [0.05, 0.1) is 5.69 Å². The van der Waals surface area contributed by atoms with Crippen LogP contribution in [0.4, 0.5) is 0 Å². The molecule has 110 valence electrons. The topological polar surface area (TPSA) is 72.7 Å². The van der Waals surface area contributed by atoms with E-state index in [2.05, 4.69) is 20.8 Å². The second-order valence-electron chi connectivity index (χ2n) is 5.47. The van der Waals surface area contributed by atoms with E-state index in [1.807, 2.05) is 24.3 Å². The number of benzene rings is 1. The van der Waals surface area contributed by atoms with Crippen molar-refractivity contribution in [1.29, 1.82) is 0 Å². The number of hydrogen-bond acceptors (Lipinski definition) is 4. The lowest BCUT2D eigenvalue weighted by Gasteiger charge is -2.16. The minimum Gasteiger partial charge on any atom is -0.349 e. The average molecular weight is 285 g/mol. The zero-order chi connectivity index (χ0) is 14.5. The summed E-state index contributed by atoms with van der Waals surface area (Å²) in [6.07, 6.45) is 8.65. The van der Waals surface area contributed by atoms with Crippen LogP contribution in [0.1, 0.15) is 48.9 Å². The molecule has 3 rings (SSSR count). The van der Waals surface area contributed by atoms with Gasteiger partial charge >= 0.3 is 0 Å². The van der Waals surface area contributed by atoms with E-state index in [0.29, 0.717) is 11.6 Å². The highest BCUT2D eigenvalue weighted by atomic mass is 16.1. The minimum atomic E-state index is -0.0168. The van der Waals surface area contributed by atoms with Gasteiger partial charge in [0.2, 0.25) is 0 Å². The molecule has 1 amide bonds. The first-order chi connectivity index (χ1) is 10.3. The SMILES string of the molecule is O=C(NC1CCCCCC1)c1cccc(-n2cnnn2)c1. The number of carbonyl (C=O) groups is 1. The van der Waals surface area contributed by atoms with E-state index in [0.717, 1.165) is 18.5 Å². The lowest BCUT2D eigenvalue weighted by molar-refractivity contribution is 0.0933. The van der Waals surface area contributed by atoms with E-state index in [-0.39, 0.29) is 5.91 Å². The summed E-state index contributed by atoms with van der Waals surface area (Å²) in [6.45, 7) is 0. The Morgan fingerprint density at radius 2 is 2.00 bits per heavy atom. The maximum Gasteiger partial charge on any atom is 0.251 e. The first-order valence-electron chi connectivity index (χ1n) is 7.47. The van der Waals surface area contributed by atoms with Crippen molar-refractivity contribution in [3.63, 3.8) is 0 Å². The Hall–Kier alpha value is -2.24. The predicted molar refractivity (Wildman–Crippen MR) is 78.1 cm³/mol. The molecule has 1 aromatic heterocycles. The zero-order valence-electron chi connectivity index (χ0n) is 11.9. The molecule has 6 heteroatoms. The third-order valence-electron chi connectivity index (χ3n) is 3.91. The smallest absolute Gasteiger partial charge is 0.251 e. The molecule has 6 nitrogen and oxygen atoms in total. The molecular formula is C15H19N5O. The Bertz CT molecular complexity index is 588. The standard InChI is InChI=1S/C15H19N5O/c21-15(17-13-7-3-1-2-4-8-13)12-6-5-9-14(10-12)20-11-16-18-19-20/h5-6,9-11,13H,1-4,7-8H2,(H,17,21). The third kappa shape index (κ3) is 3.45. The molecule has 0 aliphatic heterocycles. The van der Waals surface area contributed by atoms with Gasteiger partial charge in [-0.3, -0.25) is 4.79 Å². The molecule has 0 radical (unpaired) electrons. The van der Waals surface area contributed by atoms with Crippen molar-refractivity contribution >= 4 is 5.91 Å². The molecule has 1 saturated carbocycles. The quantitative estimate of drug-likeness (QED) is 0.877. The van der Waals surface area contributed by atoms with Crippen molar-refractivity contribution in [2.45, 2.75) is 44.6 Å². The second kappa shape index (κ2) is 6.47. The van der Waals surface area contributed by atoms with Crippen molar-refractivity contribution in [3.05, 3.63) is 36.2 Å². The largest absolute Gasteiger partial charge is 0.349 e. The number of tetrazole rings is 1. The van der Waals surface area contributed by atoms with E-state index in [9.17, 15) is 4.79 Å². The van der Waals surface area contributed by atoms with Gasteiger partial charge in [-0.2, -0.15) is 0 Å². The van der Waals surface area contributed by atoms with Crippen molar-refractivity contribution in [1.82, 2.24) is 25.5 Å². The van der Waals surface area contributed by atoms with Crippen LogP contribution in [-0.2, 0) is 0 Å². The first kappa shape index (κ1) is 13.7. The van der Waals surface area contributed by atoms with Gasteiger partial charge in [-0.25, -0.2) is 4.68 Å². The third-order valence-corrected chi connectivity index (χ3v) is 3.91. The summed E-state index contributed by atoms with van der Waals surface area (Å²) in [5, 5.41) is 14.2. The van der Waals surface area contributed by atoms with Gasteiger partial charge in [-0.15, -0.1) is 5.10 Å². The van der Waals surface area contributed by atoms with Crippen LogP contribution in [0.3, 0.4) is 0 Å². The molecule has 1 aliphatic rings. The molecule has 1 aromatic carbocycles. The van der Waals surface area contributed by atoms with Crippen LogP contribution < -0.4 is 5.32 Å². The lowest BCUT2D eigenvalue weighted by Crippen LogP contribution is -2.34. The van der Waals surface area contributed by atoms with Crippen LogP contribution in [-0.4, -0.2) is 32.2 Å². The number of carbonyl (C=O) groups excluding carboxylic acids is 1. The van der Waals surface area contributed by atoms with Crippen molar-refractivity contribution < 1.29 is 4.79 Å². The number of hydrogen-bond donors (Lipinski definition) is 1. The fourth-order valence-corrected chi connectivity index (χ4v) is 2.76. The normalized spacial score (nSPS) is 16.4. The Morgan fingerprint density at radius 1 is 1.19 bits per heavy atom. The molecule has 21 heavy (non-hydrogen) atoms. The molecule has 0 bridgehead atoms. The molecule has 1 N–H and O–H groups in total. The number of amides is 1. The van der Waals surface area contributed by atoms with E-state index in [1.54, 1.807) is 4.68 Å². The molecule has 1 fully saturated rings. The Balaban J connectivity index is 1.71.